The minimum atomic E-state index is 0.785. The first kappa shape index (κ1) is 13.5. The molecule has 4 rings (SSSR count). The molecule has 3 aromatic rings. The lowest BCUT2D eigenvalue weighted by molar-refractivity contribution is 0.537. The number of benzene rings is 1. The van der Waals surface area contributed by atoms with Gasteiger partial charge in [0.1, 0.15) is 0 Å². The van der Waals surface area contributed by atoms with Gasteiger partial charge in [-0.05, 0) is 42.5 Å². The van der Waals surface area contributed by atoms with E-state index >= 15 is 0 Å². The molecule has 3 heterocycles. The Kier molecular flexibility index (Phi) is 3.39. The summed E-state index contributed by atoms with van der Waals surface area (Å²) in [5, 5.41) is 4.32. The topological polar surface area (TPSA) is 24.3 Å². The van der Waals surface area contributed by atoms with Crippen LogP contribution in [-0.2, 0) is 0 Å². The van der Waals surface area contributed by atoms with Crippen molar-refractivity contribution in [3.05, 3.63) is 59.9 Å². The van der Waals surface area contributed by atoms with Gasteiger partial charge in [-0.1, -0.05) is 11.6 Å². The van der Waals surface area contributed by atoms with Crippen LogP contribution in [0.15, 0.2) is 54.9 Å². The lowest BCUT2D eigenvalue weighted by Gasteiger charge is -2.37. The van der Waals surface area contributed by atoms with Crippen molar-refractivity contribution in [2.24, 2.45) is 0 Å². The average molecular weight is 313 g/mol. The molecule has 4 nitrogen and oxygen atoms in total. The summed E-state index contributed by atoms with van der Waals surface area (Å²) < 4.78 is 2.18. The Labute approximate surface area is 134 Å². The van der Waals surface area contributed by atoms with Gasteiger partial charge in [0.25, 0.3) is 0 Å². The summed E-state index contributed by atoms with van der Waals surface area (Å²) >= 11 is 5.96. The number of hydrogen-bond acceptors (Lipinski definition) is 3. The molecule has 1 aliphatic heterocycles. The Morgan fingerprint density at radius 2 is 1.68 bits per heavy atom. The Balaban J connectivity index is 1.51. The van der Waals surface area contributed by atoms with E-state index in [0.717, 1.165) is 36.8 Å². The zero-order valence-electron chi connectivity index (χ0n) is 12.2. The summed E-state index contributed by atoms with van der Waals surface area (Å²) in [6, 6.07) is 14.3. The third-order valence-corrected chi connectivity index (χ3v) is 4.43. The molecule has 0 N–H and O–H groups in total. The van der Waals surface area contributed by atoms with Crippen LogP contribution in [0.3, 0.4) is 0 Å². The lowest BCUT2D eigenvalue weighted by Crippen LogP contribution is -2.51. The summed E-state index contributed by atoms with van der Waals surface area (Å²) in [6.45, 7) is 3.94. The zero-order chi connectivity index (χ0) is 14.9. The number of halogens is 1. The van der Waals surface area contributed by atoms with Crippen molar-refractivity contribution in [3.63, 3.8) is 0 Å². The summed E-state index contributed by atoms with van der Waals surface area (Å²) in [5.41, 5.74) is 2.27. The molecule has 1 aromatic carbocycles. The first-order chi connectivity index (χ1) is 10.8. The summed E-state index contributed by atoms with van der Waals surface area (Å²) in [4.78, 5) is 6.89. The highest BCUT2D eigenvalue weighted by atomic mass is 35.5. The number of hydrogen-bond donors (Lipinski definition) is 0. The number of nitrogens with zero attached hydrogens (tertiary/aromatic N) is 4. The second kappa shape index (κ2) is 5.54. The van der Waals surface area contributed by atoms with Gasteiger partial charge in [-0.25, -0.2) is 9.66 Å². The van der Waals surface area contributed by atoms with Crippen LogP contribution >= 0.6 is 11.6 Å². The third-order valence-electron chi connectivity index (χ3n) is 4.18. The molecule has 1 fully saturated rings. The van der Waals surface area contributed by atoms with Crippen LogP contribution in [0.2, 0.25) is 5.02 Å². The van der Waals surface area contributed by atoms with Crippen molar-refractivity contribution in [1.82, 2.24) is 9.66 Å². The van der Waals surface area contributed by atoms with Gasteiger partial charge in [-0.15, -0.1) is 0 Å². The molecule has 2 aromatic heterocycles. The van der Waals surface area contributed by atoms with E-state index in [4.69, 9.17) is 11.6 Å². The molecule has 0 amide bonds. The number of anilines is 1. The minimum absolute atomic E-state index is 0.785. The highest BCUT2D eigenvalue weighted by Crippen LogP contribution is 2.20. The van der Waals surface area contributed by atoms with Gasteiger partial charge in [-0.3, -0.25) is 0 Å². The van der Waals surface area contributed by atoms with Crippen LogP contribution in [0.4, 0.5) is 5.69 Å². The van der Waals surface area contributed by atoms with Gasteiger partial charge in [0.2, 0.25) is 0 Å². The molecule has 0 saturated carbocycles. The molecule has 1 aliphatic rings. The first-order valence-corrected chi connectivity index (χ1v) is 7.87. The lowest BCUT2D eigenvalue weighted by atomic mass is 10.2. The summed E-state index contributed by atoms with van der Waals surface area (Å²) in [5.74, 6) is 0. The molecular formula is C17H17ClN4. The maximum Gasteiger partial charge on any atom is 0.158 e. The van der Waals surface area contributed by atoms with E-state index in [-0.39, 0.29) is 0 Å². The smallest absolute Gasteiger partial charge is 0.158 e. The number of aromatic nitrogens is 2. The van der Waals surface area contributed by atoms with E-state index in [1.54, 1.807) is 0 Å². The Morgan fingerprint density at radius 3 is 2.45 bits per heavy atom. The van der Waals surface area contributed by atoms with Crippen molar-refractivity contribution in [2.75, 3.05) is 36.1 Å². The molecule has 0 aliphatic carbocycles. The normalized spacial score (nSPS) is 15.5. The van der Waals surface area contributed by atoms with Crippen LogP contribution < -0.4 is 9.91 Å². The Bertz CT molecular complexity index is 773. The van der Waals surface area contributed by atoms with Crippen LogP contribution in [0, 0.1) is 0 Å². The molecule has 5 heteroatoms. The van der Waals surface area contributed by atoms with Crippen molar-refractivity contribution in [1.29, 1.82) is 0 Å². The van der Waals surface area contributed by atoms with Gasteiger partial charge >= 0.3 is 0 Å². The van der Waals surface area contributed by atoms with Crippen molar-refractivity contribution in [3.8, 4) is 0 Å². The van der Waals surface area contributed by atoms with Crippen LogP contribution in [-0.4, -0.2) is 35.8 Å². The molecular weight excluding hydrogens is 296 g/mol. The standard InChI is InChI=1S/C17H17ClN4/c18-15-3-5-16(6-4-15)20-10-12-21(13-11-20)22-9-7-14-2-1-8-19-17(14)22/h1-9H,10-13H2. The molecule has 0 unspecified atom stereocenters. The van der Waals surface area contributed by atoms with E-state index in [2.05, 4.69) is 50.0 Å². The number of pyridine rings is 1. The van der Waals surface area contributed by atoms with Gasteiger partial charge in [0, 0.05) is 41.6 Å². The Morgan fingerprint density at radius 1 is 0.909 bits per heavy atom. The van der Waals surface area contributed by atoms with E-state index in [0.29, 0.717) is 0 Å². The number of fused-ring (bicyclic) bond motifs is 1. The zero-order valence-corrected chi connectivity index (χ0v) is 12.9. The molecule has 0 atom stereocenters. The van der Waals surface area contributed by atoms with Crippen LogP contribution in [0.1, 0.15) is 0 Å². The van der Waals surface area contributed by atoms with E-state index in [9.17, 15) is 0 Å². The molecule has 22 heavy (non-hydrogen) atoms. The number of rotatable bonds is 2. The minimum Gasteiger partial charge on any atom is -0.368 e. The highest BCUT2D eigenvalue weighted by molar-refractivity contribution is 6.30. The fourth-order valence-electron chi connectivity index (χ4n) is 3.00. The van der Waals surface area contributed by atoms with Gasteiger partial charge < -0.3 is 9.91 Å². The molecule has 0 bridgehead atoms. The first-order valence-electron chi connectivity index (χ1n) is 7.49. The predicted molar refractivity (Wildman–Crippen MR) is 91.3 cm³/mol. The predicted octanol–water partition coefficient (Wildman–Crippen LogP) is 3.15. The second-order valence-corrected chi connectivity index (χ2v) is 5.93. The number of piperazine rings is 1. The van der Waals surface area contributed by atoms with E-state index in [1.807, 2.05) is 24.4 Å². The summed E-state index contributed by atoms with van der Waals surface area (Å²) in [6.07, 6.45) is 3.96. The molecule has 0 radical (unpaired) electrons. The molecule has 0 spiro atoms. The van der Waals surface area contributed by atoms with Crippen molar-refractivity contribution < 1.29 is 0 Å². The van der Waals surface area contributed by atoms with Crippen LogP contribution in [0.25, 0.3) is 11.0 Å². The maximum absolute atomic E-state index is 5.96. The van der Waals surface area contributed by atoms with Crippen LogP contribution in [0.5, 0.6) is 0 Å². The largest absolute Gasteiger partial charge is 0.368 e. The average Bonchev–Trinajstić information content (AvgIpc) is 3.00. The highest BCUT2D eigenvalue weighted by Gasteiger charge is 2.18. The Hall–Kier alpha value is -2.20. The van der Waals surface area contributed by atoms with Gasteiger partial charge in [0.15, 0.2) is 5.65 Å². The second-order valence-electron chi connectivity index (χ2n) is 5.49. The van der Waals surface area contributed by atoms with E-state index < -0.39 is 0 Å². The fraction of sp³-hybridized carbons (Fsp3) is 0.235. The van der Waals surface area contributed by atoms with Crippen molar-refractivity contribution >= 4 is 28.3 Å². The molecule has 1 saturated heterocycles. The SMILES string of the molecule is Clc1ccc(N2CCN(n3ccc4cccnc43)CC2)cc1. The van der Waals surface area contributed by atoms with E-state index in [1.165, 1.54) is 11.1 Å². The van der Waals surface area contributed by atoms with Crippen molar-refractivity contribution in [2.45, 2.75) is 0 Å². The quantitative estimate of drug-likeness (QED) is 0.726. The van der Waals surface area contributed by atoms with Gasteiger partial charge in [0.05, 0.1) is 13.1 Å². The van der Waals surface area contributed by atoms with Gasteiger partial charge in [-0.2, -0.15) is 0 Å². The third kappa shape index (κ3) is 2.40. The maximum atomic E-state index is 5.96. The monoisotopic (exact) mass is 312 g/mol. The summed E-state index contributed by atoms with van der Waals surface area (Å²) in [7, 11) is 0. The fourth-order valence-corrected chi connectivity index (χ4v) is 3.13. The molecule has 112 valence electrons.